The van der Waals surface area contributed by atoms with Crippen molar-refractivity contribution in [3.8, 4) is 0 Å². The Bertz CT molecular complexity index is 561. The number of hydrogen-bond donors (Lipinski definition) is 3. The van der Waals surface area contributed by atoms with Gasteiger partial charge < -0.3 is 20.6 Å². The SMILES string of the molecule is C=CNC(C)/C=C/NC(O)C(=C)/C(=C\C(C(C)F)C(F)(F)F)N(CC)CCCF. The molecule has 0 aliphatic heterocycles. The molecule has 4 atom stereocenters. The van der Waals surface area contributed by atoms with Crippen molar-refractivity contribution in [1.29, 1.82) is 0 Å². The molecular weight excluding hydrogens is 393 g/mol. The molecule has 168 valence electrons. The molecular formula is C20H32F5N3O. The molecule has 4 unspecified atom stereocenters. The van der Waals surface area contributed by atoms with Crippen LogP contribution in [0.3, 0.4) is 0 Å². The monoisotopic (exact) mass is 425 g/mol. The van der Waals surface area contributed by atoms with E-state index in [1.807, 2.05) is 6.92 Å². The highest BCUT2D eigenvalue weighted by atomic mass is 19.4. The van der Waals surface area contributed by atoms with Gasteiger partial charge in [-0.3, -0.25) is 4.39 Å². The van der Waals surface area contributed by atoms with Crippen LogP contribution in [-0.2, 0) is 0 Å². The standard InChI is InChI=1S/C20H32F5N3O/c1-6-26-14(3)9-11-27-19(29)15(4)18(28(7-2)12-8-10-21)13-17(16(5)22)20(23,24)25/h6,9,11,13-14,16-17,19,26-27,29H,1,4,7-8,10,12H2,2-3,5H3/b11-9+,18-13+. The number of nitrogens with zero attached hydrogens (tertiary/aromatic N) is 1. The molecule has 0 radical (unpaired) electrons. The number of aliphatic hydroxyl groups is 1. The van der Waals surface area contributed by atoms with E-state index in [2.05, 4.69) is 23.8 Å². The molecule has 3 N–H and O–H groups in total. The van der Waals surface area contributed by atoms with E-state index in [0.29, 0.717) is 6.08 Å². The minimum atomic E-state index is -4.82. The number of allylic oxidation sites excluding steroid dienone is 1. The summed E-state index contributed by atoms with van der Waals surface area (Å²) < 4.78 is 66.1. The van der Waals surface area contributed by atoms with E-state index in [1.165, 1.54) is 17.3 Å². The maximum Gasteiger partial charge on any atom is 0.398 e. The summed E-state index contributed by atoms with van der Waals surface area (Å²) in [5.74, 6) is -2.38. The van der Waals surface area contributed by atoms with E-state index in [4.69, 9.17) is 0 Å². The van der Waals surface area contributed by atoms with Crippen LogP contribution in [0.15, 0.2) is 49.0 Å². The lowest BCUT2D eigenvalue weighted by Gasteiger charge is -2.31. The third kappa shape index (κ3) is 9.83. The summed E-state index contributed by atoms with van der Waals surface area (Å²) in [5.41, 5.74) is -0.145. The van der Waals surface area contributed by atoms with Crippen LogP contribution in [0.4, 0.5) is 22.0 Å². The van der Waals surface area contributed by atoms with E-state index in [-0.39, 0.29) is 36.8 Å². The van der Waals surface area contributed by atoms with Crippen LogP contribution in [0.5, 0.6) is 0 Å². The van der Waals surface area contributed by atoms with Crippen molar-refractivity contribution >= 4 is 0 Å². The fourth-order valence-electron chi connectivity index (χ4n) is 2.55. The Morgan fingerprint density at radius 1 is 1.24 bits per heavy atom. The minimum Gasteiger partial charge on any atom is -0.385 e. The molecule has 0 bridgehead atoms. The van der Waals surface area contributed by atoms with Crippen molar-refractivity contribution in [1.82, 2.24) is 15.5 Å². The molecule has 9 heteroatoms. The second-order valence-corrected chi connectivity index (χ2v) is 6.53. The largest absolute Gasteiger partial charge is 0.398 e. The molecule has 0 saturated heterocycles. The van der Waals surface area contributed by atoms with Crippen LogP contribution in [0.2, 0.25) is 0 Å². The molecule has 0 rings (SSSR count). The average molecular weight is 425 g/mol. The number of halogens is 5. The Morgan fingerprint density at radius 3 is 2.31 bits per heavy atom. The van der Waals surface area contributed by atoms with Crippen LogP contribution < -0.4 is 10.6 Å². The third-order valence-corrected chi connectivity index (χ3v) is 4.17. The number of hydrogen-bond acceptors (Lipinski definition) is 4. The highest BCUT2D eigenvalue weighted by Crippen LogP contribution is 2.34. The van der Waals surface area contributed by atoms with Crippen LogP contribution >= 0.6 is 0 Å². The lowest BCUT2D eigenvalue weighted by Crippen LogP contribution is -2.36. The van der Waals surface area contributed by atoms with Crippen molar-refractivity contribution in [3.63, 3.8) is 0 Å². The van der Waals surface area contributed by atoms with Gasteiger partial charge in [-0.2, -0.15) is 13.2 Å². The number of likely N-dealkylation sites (N-methyl/N-ethyl adjacent to an activating group) is 1. The average Bonchev–Trinajstić information content (AvgIpc) is 2.62. The fraction of sp³-hybridized carbons (Fsp3) is 0.600. The molecule has 0 amide bonds. The maximum absolute atomic E-state index is 13.7. The Balaban J connectivity index is 5.74. The molecule has 0 saturated carbocycles. The van der Waals surface area contributed by atoms with E-state index in [9.17, 15) is 27.1 Å². The molecule has 0 spiro atoms. The quantitative estimate of drug-likeness (QED) is 0.222. The second-order valence-electron chi connectivity index (χ2n) is 6.53. The Hall–Kier alpha value is -2.03. The van der Waals surface area contributed by atoms with Crippen molar-refractivity contribution in [2.75, 3.05) is 19.8 Å². The van der Waals surface area contributed by atoms with Gasteiger partial charge in [-0.05, 0) is 51.7 Å². The first-order chi connectivity index (χ1) is 13.5. The van der Waals surface area contributed by atoms with E-state index in [1.54, 1.807) is 13.0 Å². The van der Waals surface area contributed by atoms with Gasteiger partial charge in [0.1, 0.15) is 12.1 Å². The van der Waals surface area contributed by atoms with Gasteiger partial charge in [0.05, 0.1) is 6.67 Å². The van der Waals surface area contributed by atoms with E-state index in [0.717, 1.165) is 6.92 Å². The molecule has 0 aromatic carbocycles. The van der Waals surface area contributed by atoms with E-state index < -0.39 is 31.2 Å². The van der Waals surface area contributed by atoms with Gasteiger partial charge in [-0.15, -0.1) is 0 Å². The summed E-state index contributed by atoms with van der Waals surface area (Å²) in [5, 5.41) is 15.8. The highest BCUT2D eigenvalue weighted by molar-refractivity contribution is 5.31. The molecule has 0 heterocycles. The van der Waals surface area contributed by atoms with Crippen molar-refractivity contribution in [3.05, 3.63) is 49.0 Å². The summed E-state index contributed by atoms with van der Waals surface area (Å²) in [6.07, 6.45) is -3.08. The molecule has 0 aliphatic rings. The molecule has 0 aromatic rings. The lowest BCUT2D eigenvalue weighted by atomic mass is 9.99. The Morgan fingerprint density at radius 2 is 1.86 bits per heavy atom. The summed E-state index contributed by atoms with van der Waals surface area (Å²) in [4.78, 5) is 1.44. The first kappa shape index (κ1) is 27.0. The van der Waals surface area contributed by atoms with Crippen LogP contribution in [0, 0.1) is 5.92 Å². The van der Waals surface area contributed by atoms with Crippen molar-refractivity contribution in [2.24, 2.45) is 5.92 Å². The Labute approximate surface area is 169 Å². The van der Waals surface area contributed by atoms with Gasteiger partial charge in [0.2, 0.25) is 0 Å². The zero-order chi connectivity index (χ0) is 22.6. The predicted octanol–water partition coefficient (Wildman–Crippen LogP) is 4.19. The number of rotatable bonds is 14. The van der Waals surface area contributed by atoms with Crippen LogP contribution in [0.25, 0.3) is 0 Å². The Kier molecular flexibility index (Phi) is 12.3. The van der Waals surface area contributed by atoms with Gasteiger partial charge in [-0.1, -0.05) is 13.2 Å². The number of aliphatic hydroxyl groups excluding tert-OH is 1. The minimum absolute atomic E-state index is 0.0709. The molecule has 0 fully saturated rings. The smallest absolute Gasteiger partial charge is 0.385 e. The van der Waals surface area contributed by atoms with Gasteiger partial charge in [-0.25, -0.2) is 4.39 Å². The summed E-state index contributed by atoms with van der Waals surface area (Å²) in [6, 6.07) is -0.103. The molecule has 4 nitrogen and oxygen atoms in total. The van der Waals surface area contributed by atoms with Gasteiger partial charge in [0.25, 0.3) is 0 Å². The lowest BCUT2D eigenvalue weighted by molar-refractivity contribution is -0.174. The van der Waals surface area contributed by atoms with Crippen molar-refractivity contribution < 1.29 is 27.1 Å². The normalized spacial score (nSPS) is 16.8. The number of nitrogens with one attached hydrogen (secondary N) is 2. The van der Waals surface area contributed by atoms with Crippen LogP contribution in [-0.4, -0.2) is 54.4 Å². The third-order valence-electron chi connectivity index (χ3n) is 4.17. The fourth-order valence-corrected chi connectivity index (χ4v) is 2.55. The van der Waals surface area contributed by atoms with Crippen LogP contribution in [0.1, 0.15) is 27.2 Å². The predicted molar refractivity (Wildman–Crippen MR) is 106 cm³/mol. The zero-order valence-corrected chi connectivity index (χ0v) is 17.1. The second kappa shape index (κ2) is 13.2. The first-order valence-electron chi connectivity index (χ1n) is 9.39. The molecule has 29 heavy (non-hydrogen) atoms. The van der Waals surface area contributed by atoms with Crippen molar-refractivity contribution in [2.45, 2.75) is 51.8 Å². The zero-order valence-electron chi connectivity index (χ0n) is 17.1. The van der Waals surface area contributed by atoms with Gasteiger partial charge in [0.15, 0.2) is 6.23 Å². The summed E-state index contributed by atoms with van der Waals surface area (Å²) >= 11 is 0. The molecule has 0 aliphatic carbocycles. The van der Waals surface area contributed by atoms with Gasteiger partial charge >= 0.3 is 6.18 Å². The maximum atomic E-state index is 13.7. The highest BCUT2D eigenvalue weighted by Gasteiger charge is 2.43. The summed E-state index contributed by atoms with van der Waals surface area (Å²) in [6.45, 7) is 11.2. The topological polar surface area (TPSA) is 47.5 Å². The number of alkyl halides is 5. The molecule has 0 aromatic heterocycles. The summed E-state index contributed by atoms with van der Waals surface area (Å²) in [7, 11) is 0. The first-order valence-corrected chi connectivity index (χ1v) is 9.39. The van der Waals surface area contributed by atoms with Gasteiger partial charge in [0, 0.05) is 30.4 Å². The van der Waals surface area contributed by atoms with E-state index >= 15 is 0 Å².